The second-order valence-electron chi connectivity index (χ2n) is 4.14. The predicted octanol–water partition coefficient (Wildman–Crippen LogP) is 5.18. The number of hydrogen-bond acceptors (Lipinski definition) is 1. The molecule has 0 bridgehead atoms. The van der Waals surface area contributed by atoms with E-state index < -0.39 is 0 Å². The van der Waals surface area contributed by atoms with E-state index >= 15 is 0 Å². The third kappa shape index (κ3) is 3.47. The van der Waals surface area contributed by atoms with Crippen molar-refractivity contribution in [2.45, 2.75) is 12.5 Å². The van der Waals surface area contributed by atoms with Crippen LogP contribution in [0.2, 0.25) is 0 Å². The number of rotatable bonds is 5. The average molecular weight is 302 g/mol. The molecule has 0 aromatic heterocycles. The smallest absolute Gasteiger partial charge is 0.0548 e. The van der Waals surface area contributed by atoms with E-state index in [0.29, 0.717) is 0 Å². The van der Waals surface area contributed by atoms with Gasteiger partial charge in [-0.1, -0.05) is 52.3 Å². The van der Waals surface area contributed by atoms with Crippen LogP contribution < -0.4 is 5.32 Å². The van der Waals surface area contributed by atoms with Gasteiger partial charge in [0.05, 0.1) is 6.04 Å². The van der Waals surface area contributed by atoms with Crippen LogP contribution in [0.25, 0.3) is 0 Å². The van der Waals surface area contributed by atoms with Crippen LogP contribution in [0.15, 0.2) is 71.7 Å². The molecule has 2 aromatic rings. The largest absolute Gasteiger partial charge is 0.378 e. The van der Waals surface area contributed by atoms with Crippen molar-refractivity contribution in [1.82, 2.24) is 0 Å². The zero-order valence-electron chi connectivity index (χ0n) is 10.1. The first-order chi connectivity index (χ1) is 8.79. The van der Waals surface area contributed by atoms with E-state index in [0.717, 1.165) is 16.6 Å². The second-order valence-corrected chi connectivity index (χ2v) is 5.05. The number of halogens is 1. The Morgan fingerprint density at radius 1 is 1.06 bits per heavy atom. The van der Waals surface area contributed by atoms with Crippen LogP contribution in [0.3, 0.4) is 0 Å². The first-order valence-corrected chi connectivity index (χ1v) is 6.77. The number of nitrogens with one attached hydrogen (secondary N) is 1. The van der Waals surface area contributed by atoms with E-state index in [1.165, 1.54) is 5.56 Å². The molecule has 2 heteroatoms. The second kappa shape index (κ2) is 6.41. The summed E-state index contributed by atoms with van der Waals surface area (Å²) in [4.78, 5) is 0. The fourth-order valence-electron chi connectivity index (χ4n) is 1.88. The Morgan fingerprint density at radius 2 is 1.72 bits per heavy atom. The van der Waals surface area contributed by atoms with Gasteiger partial charge in [-0.25, -0.2) is 0 Å². The molecule has 18 heavy (non-hydrogen) atoms. The van der Waals surface area contributed by atoms with Gasteiger partial charge in [0, 0.05) is 10.2 Å². The van der Waals surface area contributed by atoms with Gasteiger partial charge in [-0.3, -0.25) is 0 Å². The lowest BCUT2D eigenvalue weighted by atomic mass is 10.0. The highest BCUT2D eigenvalue weighted by Gasteiger charge is 2.09. The van der Waals surface area contributed by atoms with Crippen LogP contribution in [0.5, 0.6) is 0 Å². The lowest BCUT2D eigenvalue weighted by Gasteiger charge is -2.19. The quantitative estimate of drug-likeness (QED) is 0.751. The first-order valence-electron chi connectivity index (χ1n) is 5.97. The maximum absolute atomic E-state index is 3.84. The summed E-state index contributed by atoms with van der Waals surface area (Å²) in [6, 6.07) is 18.9. The standard InChI is InChI=1S/C16H16BrN/c1-2-6-16(13-9-11-14(17)12-10-13)18-15-7-4-3-5-8-15/h2-5,7-12,16,18H,1,6H2. The number of para-hydroxylation sites is 1. The molecule has 0 amide bonds. The summed E-state index contributed by atoms with van der Waals surface area (Å²) in [5.41, 5.74) is 2.40. The van der Waals surface area contributed by atoms with Gasteiger partial charge < -0.3 is 5.32 Å². The van der Waals surface area contributed by atoms with Crippen LogP contribution in [-0.4, -0.2) is 0 Å². The van der Waals surface area contributed by atoms with E-state index in [1.807, 2.05) is 24.3 Å². The minimum atomic E-state index is 0.262. The maximum atomic E-state index is 3.84. The Kier molecular flexibility index (Phi) is 4.59. The molecule has 0 aliphatic heterocycles. The number of anilines is 1. The molecule has 92 valence electrons. The molecule has 1 N–H and O–H groups in total. The van der Waals surface area contributed by atoms with Crippen molar-refractivity contribution in [1.29, 1.82) is 0 Å². The van der Waals surface area contributed by atoms with Crippen LogP contribution in [0, 0.1) is 0 Å². The van der Waals surface area contributed by atoms with Gasteiger partial charge in [0.15, 0.2) is 0 Å². The molecule has 0 heterocycles. The summed E-state index contributed by atoms with van der Waals surface area (Å²) in [7, 11) is 0. The molecule has 0 radical (unpaired) electrons. The fraction of sp³-hybridized carbons (Fsp3) is 0.125. The van der Waals surface area contributed by atoms with Gasteiger partial charge in [0.25, 0.3) is 0 Å². The highest BCUT2D eigenvalue weighted by molar-refractivity contribution is 9.10. The highest BCUT2D eigenvalue weighted by Crippen LogP contribution is 2.24. The molecule has 1 atom stereocenters. The van der Waals surface area contributed by atoms with E-state index in [2.05, 4.69) is 64.2 Å². The maximum Gasteiger partial charge on any atom is 0.0548 e. The number of benzene rings is 2. The minimum absolute atomic E-state index is 0.262. The Hall–Kier alpha value is -1.54. The zero-order valence-corrected chi connectivity index (χ0v) is 11.7. The van der Waals surface area contributed by atoms with Crippen molar-refractivity contribution in [2.75, 3.05) is 5.32 Å². The lowest BCUT2D eigenvalue weighted by molar-refractivity contribution is 0.799. The van der Waals surface area contributed by atoms with Crippen LogP contribution in [0.4, 0.5) is 5.69 Å². The van der Waals surface area contributed by atoms with Crippen LogP contribution in [0.1, 0.15) is 18.0 Å². The Bertz CT molecular complexity index is 490. The van der Waals surface area contributed by atoms with Crippen molar-refractivity contribution in [3.05, 3.63) is 77.3 Å². The molecule has 1 nitrogen and oxygen atoms in total. The Balaban J connectivity index is 2.18. The van der Waals surface area contributed by atoms with E-state index in [9.17, 15) is 0 Å². The summed E-state index contributed by atoms with van der Waals surface area (Å²) in [5.74, 6) is 0. The molecule has 1 unspecified atom stereocenters. The van der Waals surface area contributed by atoms with Crippen molar-refractivity contribution in [3.8, 4) is 0 Å². The Labute approximate surface area is 117 Å². The predicted molar refractivity (Wildman–Crippen MR) is 81.8 cm³/mol. The van der Waals surface area contributed by atoms with Crippen molar-refractivity contribution in [2.24, 2.45) is 0 Å². The summed E-state index contributed by atoms with van der Waals surface area (Å²) in [6.07, 6.45) is 2.85. The normalized spacial score (nSPS) is 11.8. The van der Waals surface area contributed by atoms with Gasteiger partial charge in [-0.2, -0.15) is 0 Å². The van der Waals surface area contributed by atoms with Gasteiger partial charge in [0.2, 0.25) is 0 Å². The first kappa shape index (κ1) is 12.9. The SMILES string of the molecule is C=CCC(Nc1ccccc1)c1ccc(Br)cc1. The van der Waals surface area contributed by atoms with Crippen molar-refractivity contribution in [3.63, 3.8) is 0 Å². The van der Waals surface area contributed by atoms with Crippen molar-refractivity contribution >= 4 is 21.6 Å². The minimum Gasteiger partial charge on any atom is -0.378 e. The molecule has 2 aromatic carbocycles. The Morgan fingerprint density at radius 3 is 2.33 bits per heavy atom. The van der Waals surface area contributed by atoms with Crippen molar-refractivity contribution < 1.29 is 0 Å². The molecular weight excluding hydrogens is 286 g/mol. The average Bonchev–Trinajstić information content (AvgIpc) is 2.40. The van der Waals surface area contributed by atoms with Gasteiger partial charge in [-0.05, 0) is 36.2 Å². The van der Waals surface area contributed by atoms with E-state index in [-0.39, 0.29) is 6.04 Å². The van der Waals surface area contributed by atoms with Gasteiger partial charge in [-0.15, -0.1) is 6.58 Å². The van der Waals surface area contributed by atoms with Gasteiger partial charge >= 0.3 is 0 Å². The molecule has 0 aliphatic rings. The summed E-state index contributed by atoms with van der Waals surface area (Å²) in [5, 5.41) is 3.53. The molecule has 0 spiro atoms. The van der Waals surface area contributed by atoms with E-state index in [4.69, 9.17) is 0 Å². The van der Waals surface area contributed by atoms with Gasteiger partial charge in [0.1, 0.15) is 0 Å². The molecule has 2 rings (SSSR count). The monoisotopic (exact) mass is 301 g/mol. The molecular formula is C16H16BrN. The van der Waals surface area contributed by atoms with Crippen LogP contribution >= 0.6 is 15.9 Å². The van der Waals surface area contributed by atoms with E-state index in [1.54, 1.807) is 0 Å². The summed E-state index contributed by atoms with van der Waals surface area (Å²) >= 11 is 3.46. The topological polar surface area (TPSA) is 12.0 Å². The third-order valence-corrected chi connectivity index (χ3v) is 3.32. The molecule has 0 fully saturated rings. The number of hydrogen-bond donors (Lipinski definition) is 1. The van der Waals surface area contributed by atoms with Crippen LogP contribution in [-0.2, 0) is 0 Å². The third-order valence-electron chi connectivity index (χ3n) is 2.79. The summed E-state index contributed by atoms with van der Waals surface area (Å²) in [6.45, 7) is 3.84. The zero-order chi connectivity index (χ0) is 12.8. The highest BCUT2D eigenvalue weighted by atomic mass is 79.9. The summed E-state index contributed by atoms with van der Waals surface area (Å²) < 4.78 is 1.10. The lowest BCUT2D eigenvalue weighted by Crippen LogP contribution is -2.09. The molecule has 0 saturated heterocycles. The molecule has 0 aliphatic carbocycles. The fourth-order valence-corrected chi connectivity index (χ4v) is 2.14. The molecule has 0 saturated carbocycles.